The first-order valence-corrected chi connectivity index (χ1v) is 6.70. The van der Waals surface area contributed by atoms with Gasteiger partial charge in [0.05, 0.1) is 24.8 Å². The summed E-state index contributed by atoms with van der Waals surface area (Å²) in [5.74, 6) is -0.563. The smallest absolute Gasteiger partial charge is 0.338 e. The van der Waals surface area contributed by atoms with E-state index in [0.717, 1.165) is 5.56 Å². The Balaban J connectivity index is 2.50. The minimum Gasteiger partial charge on any atom is -0.463 e. The lowest BCUT2D eigenvalue weighted by molar-refractivity contribution is -0.139. The molecule has 1 aliphatic rings. The lowest BCUT2D eigenvalue weighted by Gasteiger charge is -2.28. The van der Waals surface area contributed by atoms with Crippen LogP contribution in [-0.4, -0.2) is 25.2 Å². The maximum absolute atomic E-state index is 12.3. The standard InChI is InChI=1S/C14H15N5O3/c1-2-22-13(20)11-10(8-16-19-15)17-14(21)18-12(11)9-6-4-3-5-7-9/h3-7,12H,2,8H2,1H3,(H2,17,18,21). The second-order valence-corrected chi connectivity index (χ2v) is 4.44. The van der Waals surface area contributed by atoms with E-state index in [-0.39, 0.29) is 24.4 Å². The highest BCUT2D eigenvalue weighted by Gasteiger charge is 2.33. The van der Waals surface area contributed by atoms with Gasteiger partial charge in [0, 0.05) is 10.6 Å². The number of rotatable bonds is 5. The molecular weight excluding hydrogens is 286 g/mol. The molecule has 8 heteroatoms. The number of carbonyl (C=O) groups excluding carboxylic acids is 2. The number of esters is 1. The molecule has 1 unspecified atom stereocenters. The number of azide groups is 1. The molecule has 1 atom stereocenters. The van der Waals surface area contributed by atoms with Gasteiger partial charge >= 0.3 is 12.0 Å². The normalized spacial score (nSPS) is 17.1. The van der Waals surface area contributed by atoms with Crippen molar-refractivity contribution in [2.24, 2.45) is 5.11 Å². The molecule has 1 heterocycles. The van der Waals surface area contributed by atoms with Gasteiger partial charge in [0.1, 0.15) is 0 Å². The van der Waals surface area contributed by atoms with Gasteiger partial charge < -0.3 is 15.4 Å². The van der Waals surface area contributed by atoms with Crippen LogP contribution in [0.4, 0.5) is 4.79 Å². The number of nitrogens with one attached hydrogen (secondary N) is 2. The molecule has 2 amide bonds. The molecule has 1 aromatic rings. The van der Waals surface area contributed by atoms with E-state index in [1.807, 2.05) is 6.07 Å². The Labute approximate surface area is 126 Å². The number of benzene rings is 1. The first-order valence-electron chi connectivity index (χ1n) is 6.70. The Morgan fingerprint density at radius 2 is 2.14 bits per heavy atom. The number of nitrogens with zero attached hydrogens (tertiary/aromatic N) is 3. The molecular formula is C14H15N5O3. The Morgan fingerprint density at radius 3 is 2.77 bits per heavy atom. The van der Waals surface area contributed by atoms with Crippen molar-refractivity contribution in [3.05, 3.63) is 57.6 Å². The van der Waals surface area contributed by atoms with Crippen LogP contribution in [0.15, 0.2) is 46.7 Å². The van der Waals surface area contributed by atoms with Crippen LogP contribution >= 0.6 is 0 Å². The van der Waals surface area contributed by atoms with Crippen molar-refractivity contribution in [2.45, 2.75) is 13.0 Å². The van der Waals surface area contributed by atoms with Crippen molar-refractivity contribution in [3.63, 3.8) is 0 Å². The SMILES string of the molecule is CCOC(=O)C1=C(CN=[N+]=[N-])NC(=O)NC1c1ccccc1. The van der Waals surface area contributed by atoms with Crippen LogP contribution in [-0.2, 0) is 9.53 Å². The van der Waals surface area contributed by atoms with Gasteiger partial charge in [-0.05, 0) is 18.0 Å². The molecule has 2 N–H and O–H groups in total. The predicted molar refractivity (Wildman–Crippen MR) is 78.5 cm³/mol. The second-order valence-electron chi connectivity index (χ2n) is 4.44. The van der Waals surface area contributed by atoms with Crippen LogP contribution < -0.4 is 10.6 Å². The summed E-state index contributed by atoms with van der Waals surface area (Å²) in [5.41, 5.74) is 9.68. The zero-order valence-electron chi connectivity index (χ0n) is 11.9. The molecule has 114 valence electrons. The van der Waals surface area contributed by atoms with Gasteiger partial charge in [-0.15, -0.1) is 0 Å². The van der Waals surface area contributed by atoms with Crippen molar-refractivity contribution < 1.29 is 14.3 Å². The number of amides is 2. The van der Waals surface area contributed by atoms with E-state index in [1.165, 1.54) is 0 Å². The molecule has 8 nitrogen and oxygen atoms in total. The van der Waals surface area contributed by atoms with Gasteiger partial charge in [-0.2, -0.15) is 0 Å². The quantitative estimate of drug-likeness (QED) is 0.375. The zero-order chi connectivity index (χ0) is 15.9. The van der Waals surface area contributed by atoms with E-state index in [9.17, 15) is 9.59 Å². The van der Waals surface area contributed by atoms with Gasteiger partial charge in [0.15, 0.2) is 0 Å². The highest BCUT2D eigenvalue weighted by molar-refractivity contribution is 5.95. The van der Waals surface area contributed by atoms with Gasteiger partial charge in [0.2, 0.25) is 0 Å². The molecule has 0 saturated heterocycles. The summed E-state index contributed by atoms with van der Waals surface area (Å²) in [6, 6.07) is 7.91. The first-order chi connectivity index (χ1) is 10.7. The average Bonchev–Trinajstić information content (AvgIpc) is 2.53. The van der Waals surface area contributed by atoms with Gasteiger partial charge in [-0.1, -0.05) is 35.4 Å². The van der Waals surface area contributed by atoms with Crippen LogP contribution in [0.25, 0.3) is 10.4 Å². The molecule has 0 aromatic heterocycles. The largest absolute Gasteiger partial charge is 0.463 e. The maximum Gasteiger partial charge on any atom is 0.338 e. The van der Waals surface area contributed by atoms with Crippen molar-refractivity contribution >= 4 is 12.0 Å². The van der Waals surface area contributed by atoms with E-state index < -0.39 is 18.0 Å². The molecule has 1 aromatic carbocycles. The van der Waals surface area contributed by atoms with Crippen molar-refractivity contribution in [1.29, 1.82) is 0 Å². The summed E-state index contributed by atoms with van der Waals surface area (Å²) >= 11 is 0. The summed E-state index contributed by atoms with van der Waals surface area (Å²) in [4.78, 5) is 26.7. The first kappa shape index (κ1) is 15.4. The minimum atomic E-state index is -0.655. The summed E-state index contributed by atoms with van der Waals surface area (Å²) in [6.45, 7) is 1.76. The van der Waals surface area contributed by atoms with Crippen LogP contribution in [0.3, 0.4) is 0 Å². The van der Waals surface area contributed by atoms with Crippen LogP contribution in [0.2, 0.25) is 0 Å². The number of hydrogen-bond acceptors (Lipinski definition) is 4. The number of ether oxygens (including phenoxy) is 1. The fourth-order valence-electron chi connectivity index (χ4n) is 2.19. The van der Waals surface area contributed by atoms with E-state index >= 15 is 0 Å². The summed E-state index contributed by atoms with van der Waals surface area (Å²) in [6.07, 6.45) is 0. The van der Waals surface area contributed by atoms with Crippen LogP contribution in [0.1, 0.15) is 18.5 Å². The lowest BCUT2D eigenvalue weighted by Crippen LogP contribution is -2.46. The number of carbonyl (C=O) groups is 2. The molecule has 1 aliphatic heterocycles. The van der Waals surface area contributed by atoms with Crippen molar-refractivity contribution in [3.8, 4) is 0 Å². The van der Waals surface area contributed by atoms with Crippen molar-refractivity contribution in [2.75, 3.05) is 13.2 Å². The fourth-order valence-corrected chi connectivity index (χ4v) is 2.19. The monoisotopic (exact) mass is 301 g/mol. The fraction of sp³-hybridized carbons (Fsp3) is 0.286. The summed E-state index contributed by atoms with van der Waals surface area (Å²) < 4.78 is 5.06. The third-order valence-electron chi connectivity index (χ3n) is 3.07. The van der Waals surface area contributed by atoms with Crippen LogP contribution in [0.5, 0.6) is 0 Å². The topological polar surface area (TPSA) is 116 Å². The van der Waals surface area contributed by atoms with Crippen LogP contribution in [0, 0.1) is 0 Å². The lowest BCUT2D eigenvalue weighted by atomic mass is 9.95. The average molecular weight is 301 g/mol. The Morgan fingerprint density at radius 1 is 1.41 bits per heavy atom. The third-order valence-corrected chi connectivity index (χ3v) is 3.07. The molecule has 0 spiro atoms. The highest BCUT2D eigenvalue weighted by atomic mass is 16.5. The third kappa shape index (κ3) is 3.36. The Kier molecular flexibility index (Phi) is 5.00. The molecule has 0 aliphatic carbocycles. The Bertz CT molecular complexity index is 650. The zero-order valence-corrected chi connectivity index (χ0v) is 11.9. The maximum atomic E-state index is 12.3. The highest BCUT2D eigenvalue weighted by Crippen LogP contribution is 2.27. The summed E-state index contributed by atoms with van der Waals surface area (Å²) in [7, 11) is 0. The molecule has 0 fully saturated rings. The molecule has 0 saturated carbocycles. The molecule has 22 heavy (non-hydrogen) atoms. The molecule has 2 rings (SSSR count). The van der Waals surface area contributed by atoms with E-state index in [4.69, 9.17) is 10.3 Å². The molecule has 0 bridgehead atoms. The van der Waals surface area contributed by atoms with Crippen molar-refractivity contribution in [1.82, 2.24) is 10.6 Å². The van der Waals surface area contributed by atoms with Gasteiger partial charge in [-0.3, -0.25) is 0 Å². The second kappa shape index (κ2) is 7.14. The minimum absolute atomic E-state index is 0.137. The predicted octanol–water partition coefficient (Wildman–Crippen LogP) is 2.17. The van der Waals surface area contributed by atoms with E-state index in [0.29, 0.717) is 0 Å². The van der Waals surface area contributed by atoms with Gasteiger partial charge in [-0.25, -0.2) is 9.59 Å². The Hall–Kier alpha value is -2.99. The number of hydrogen-bond donors (Lipinski definition) is 2. The van der Waals surface area contributed by atoms with E-state index in [2.05, 4.69) is 20.7 Å². The summed E-state index contributed by atoms with van der Waals surface area (Å²) in [5, 5.41) is 8.61. The number of urea groups is 1. The van der Waals surface area contributed by atoms with Gasteiger partial charge in [0.25, 0.3) is 0 Å². The molecule has 0 radical (unpaired) electrons. The van der Waals surface area contributed by atoms with E-state index in [1.54, 1.807) is 31.2 Å².